The van der Waals surface area contributed by atoms with Gasteiger partial charge in [-0.1, -0.05) is 12.1 Å². The van der Waals surface area contributed by atoms with Crippen molar-refractivity contribution in [3.63, 3.8) is 0 Å². The standard InChI is InChI=1S/C16H14F3N5S2/c1-9-8-26-15-21-10(2)13(24(9)15)7-20-23-14(25)22-12-6-4-3-5-11(12)16(17,18)19/h3-8H,1-2H3,(H2,22,23,25)/b20-7+. The van der Waals surface area contributed by atoms with Crippen LogP contribution in [0.1, 0.15) is 22.6 Å². The summed E-state index contributed by atoms with van der Waals surface area (Å²) in [4.78, 5) is 5.28. The molecule has 0 aliphatic carbocycles. The number of thiazole rings is 1. The van der Waals surface area contributed by atoms with Gasteiger partial charge in [-0.3, -0.25) is 9.83 Å². The summed E-state index contributed by atoms with van der Waals surface area (Å²) < 4.78 is 40.9. The number of fused-ring (bicyclic) bond motifs is 1. The minimum Gasteiger partial charge on any atom is -0.331 e. The quantitative estimate of drug-likeness (QED) is 0.392. The van der Waals surface area contributed by atoms with Crippen LogP contribution in [-0.4, -0.2) is 20.7 Å². The second-order valence-corrected chi connectivity index (χ2v) is 6.69. The van der Waals surface area contributed by atoms with Gasteiger partial charge in [-0.25, -0.2) is 4.98 Å². The van der Waals surface area contributed by atoms with Crippen molar-refractivity contribution in [2.45, 2.75) is 20.0 Å². The van der Waals surface area contributed by atoms with Gasteiger partial charge in [-0.2, -0.15) is 18.3 Å². The van der Waals surface area contributed by atoms with Gasteiger partial charge in [0.2, 0.25) is 0 Å². The molecule has 10 heteroatoms. The second kappa shape index (κ2) is 7.04. The molecule has 1 aromatic carbocycles. The third-order valence-corrected chi connectivity index (χ3v) is 4.72. The number of rotatable bonds is 3. The van der Waals surface area contributed by atoms with E-state index in [-0.39, 0.29) is 10.8 Å². The molecule has 0 amide bonds. The first-order valence-electron chi connectivity index (χ1n) is 7.47. The Morgan fingerprint density at radius 1 is 1.31 bits per heavy atom. The number of aryl methyl sites for hydroxylation is 2. The van der Waals surface area contributed by atoms with E-state index in [1.807, 2.05) is 23.6 Å². The first-order valence-corrected chi connectivity index (χ1v) is 8.75. The van der Waals surface area contributed by atoms with Gasteiger partial charge in [0.25, 0.3) is 0 Å². The van der Waals surface area contributed by atoms with Crippen molar-refractivity contribution in [2.24, 2.45) is 5.10 Å². The zero-order valence-electron chi connectivity index (χ0n) is 13.8. The first kappa shape index (κ1) is 18.3. The third-order valence-electron chi connectivity index (χ3n) is 3.59. The number of anilines is 1. The highest BCUT2D eigenvalue weighted by Gasteiger charge is 2.33. The third kappa shape index (κ3) is 3.70. The van der Waals surface area contributed by atoms with E-state index in [9.17, 15) is 13.2 Å². The molecule has 136 valence electrons. The lowest BCUT2D eigenvalue weighted by molar-refractivity contribution is -0.136. The van der Waals surface area contributed by atoms with Crippen LogP contribution in [0.2, 0.25) is 0 Å². The first-order chi connectivity index (χ1) is 12.3. The molecule has 2 aromatic heterocycles. The average Bonchev–Trinajstić information content (AvgIpc) is 3.07. The molecule has 3 aromatic rings. The van der Waals surface area contributed by atoms with Crippen LogP contribution < -0.4 is 10.7 Å². The van der Waals surface area contributed by atoms with E-state index < -0.39 is 11.7 Å². The molecule has 5 nitrogen and oxygen atoms in total. The van der Waals surface area contributed by atoms with Gasteiger partial charge >= 0.3 is 6.18 Å². The summed E-state index contributed by atoms with van der Waals surface area (Å²) in [6.07, 6.45) is -2.93. The summed E-state index contributed by atoms with van der Waals surface area (Å²) in [6, 6.07) is 5.11. The molecule has 2 N–H and O–H groups in total. The van der Waals surface area contributed by atoms with Crippen molar-refractivity contribution in [1.29, 1.82) is 0 Å². The highest BCUT2D eigenvalue weighted by molar-refractivity contribution is 7.80. The summed E-state index contributed by atoms with van der Waals surface area (Å²) in [5, 5.41) is 8.47. The number of hydrazone groups is 1. The Balaban J connectivity index is 1.73. The predicted octanol–water partition coefficient (Wildman–Crippen LogP) is 4.35. The summed E-state index contributed by atoms with van der Waals surface area (Å²) >= 11 is 6.55. The Morgan fingerprint density at radius 2 is 2.04 bits per heavy atom. The van der Waals surface area contributed by atoms with Crippen LogP contribution in [0.25, 0.3) is 4.96 Å². The summed E-state index contributed by atoms with van der Waals surface area (Å²) in [5.41, 5.74) is 4.21. The lowest BCUT2D eigenvalue weighted by atomic mass is 10.2. The van der Waals surface area contributed by atoms with E-state index in [1.165, 1.54) is 29.5 Å². The summed E-state index contributed by atoms with van der Waals surface area (Å²) in [5.74, 6) is 0. The lowest BCUT2D eigenvalue weighted by Gasteiger charge is -2.14. The topological polar surface area (TPSA) is 53.7 Å². The van der Waals surface area contributed by atoms with Gasteiger partial charge in [0, 0.05) is 11.1 Å². The fourth-order valence-corrected chi connectivity index (χ4v) is 3.50. The predicted molar refractivity (Wildman–Crippen MR) is 101 cm³/mol. The lowest BCUT2D eigenvalue weighted by Crippen LogP contribution is -2.25. The van der Waals surface area contributed by atoms with Crippen LogP contribution in [-0.2, 0) is 6.18 Å². The van der Waals surface area contributed by atoms with Crippen molar-refractivity contribution in [3.05, 3.63) is 52.3 Å². The molecule has 0 saturated carbocycles. The molecule has 3 rings (SSSR count). The van der Waals surface area contributed by atoms with Gasteiger partial charge in [0.05, 0.1) is 28.9 Å². The van der Waals surface area contributed by atoms with Crippen LogP contribution in [0, 0.1) is 13.8 Å². The SMILES string of the molecule is Cc1nc2scc(C)n2c1/C=N/NC(=S)Nc1ccccc1C(F)(F)F. The molecule has 0 bridgehead atoms. The highest BCUT2D eigenvalue weighted by Crippen LogP contribution is 2.34. The van der Waals surface area contributed by atoms with Gasteiger partial charge in [-0.05, 0) is 38.2 Å². The number of para-hydroxylation sites is 1. The van der Waals surface area contributed by atoms with Crippen molar-refractivity contribution < 1.29 is 13.2 Å². The molecule has 2 heterocycles. The fraction of sp³-hybridized carbons (Fsp3) is 0.188. The molecule has 0 spiro atoms. The Bertz CT molecular complexity index is 988. The zero-order chi connectivity index (χ0) is 18.9. The minimum atomic E-state index is -4.47. The molecular weight excluding hydrogens is 383 g/mol. The van der Waals surface area contributed by atoms with Gasteiger partial charge in [0.15, 0.2) is 10.1 Å². The maximum Gasteiger partial charge on any atom is 0.418 e. The summed E-state index contributed by atoms with van der Waals surface area (Å²) in [7, 11) is 0. The molecule has 0 unspecified atom stereocenters. The molecule has 0 aliphatic rings. The number of benzene rings is 1. The van der Waals surface area contributed by atoms with Crippen LogP contribution in [0.3, 0.4) is 0 Å². The molecular formula is C16H14F3N5S2. The molecule has 0 aliphatic heterocycles. The number of hydrogen-bond acceptors (Lipinski definition) is 4. The Hall–Kier alpha value is -2.46. The molecule has 0 saturated heterocycles. The number of thiocarbonyl (C=S) groups is 1. The number of alkyl halides is 3. The maximum atomic E-state index is 13.0. The number of nitrogens with one attached hydrogen (secondary N) is 2. The van der Waals surface area contributed by atoms with E-state index in [0.717, 1.165) is 28.1 Å². The zero-order valence-corrected chi connectivity index (χ0v) is 15.4. The number of nitrogens with zero attached hydrogens (tertiary/aromatic N) is 3. The van der Waals surface area contributed by atoms with Crippen molar-refractivity contribution in [3.8, 4) is 0 Å². The van der Waals surface area contributed by atoms with E-state index in [4.69, 9.17) is 12.2 Å². The number of imidazole rings is 1. The van der Waals surface area contributed by atoms with Crippen molar-refractivity contribution in [2.75, 3.05) is 5.32 Å². The summed E-state index contributed by atoms with van der Waals surface area (Å²) in [6.45, 7) is 3.81. The van der Waals surface area contributed by atoms with Crippen molar-refractivity contribution in [1.82, 2.24) is 14.8 Å². The largest absolute Gasteiger partial charge is 0.418 e. The van der Waals surface area contributed by atoms with Crippen LogP contribution in [0.4, 0.5) is 18.9 Å². The smallest absolute Gasteiger partial charge is 0.331 e. The van der Waals surface area contributed by atoms with E-state index in [1.54, 1.807) is 6.21 Å². The van der Waals surface area contributed by atoms with Gasteiger partial charge in [0.1, 0.15) is 0 Å². The average molecular weight is 397 g/mol. The molecule has 26 heavy (non-hydrogen) atoms. The Kier molecular flexibility index (Phi) is 4.97. The normalized spacial score (nSPS) is 12.0. The maximum absolute atomic E-state index is 13.0. The Labute approximate surface area is 156 Å². The van der Waals surface area contributed by atoms with Gasteiger partial charge in [-0.15, -0.1) is 11.3 Å². The van der Waals surface area contributed by atoms with E-state index in [0.29, 0.717) is 0 Å². The number of halogens is 3. The fourth-order valence-electron chi connectivity index (χ4n) is 2.42. The van der Waals surface area contributed by atoms with Crippen LogP contribution in [0.15, 0.2) is 34.7 Å². The minimum absolute atomic E-state index is 0.0431. The second-order valence-electron chi connectivity index (χ2n) is 5.44. The van der Waals surface area contributed by atoms with Crippen LogP contribution >= 0.6 is 23.6 Å². The highest BCUT2D eigenvalue weighted by atomic mass is 32.1. The molecule has 0 radical (unpaired) electrons. The van der Waals surface area contributed by atoms with Gasteiger partial charge < -0.3 is 5.32 Å². The van der Waals surface area contributed by atoms with Crippen LogP contribution in [0.5, 0.6) is 0 Å². The van der Waals surface area contributed by atoms with Crippen molar-refractivity contribution >= 4 is 45.5 Å². The number of aromatic nitrogens is 2. The van der Waals surface area contributed by atoms with E-state index in [2.05, 4.69) is 20.8 Å². The van der Waals surface area contributed by atoms with E-state index >= 15 is 0 Å². The number of hydrogen-bond donors (Lipinski definition) is 2. The Morgan fingerprint density at radius 3 is 2.77 bits per heavy atom. The molecule has 0 fully saturated rings. The molecule has 0 atom stereocenters. The monoisotopic (exact) mass is 397 g/mol.